The number of aryl methyl sites for hydroxylation is 2. The number of hydrogen-bond acceptors (Lipinski definition) is 4. The quantitative estimate of drug-likeness (QED) is 0.284. The first kappa shape index (κ1) is 31.2. The van der Waals surface area contributed by atoms with E-state index in [1.165, 1.54) is 38.5 Å². The van der Waals surface area contributed by atoms with Crippen molar-refractivity contribution in [3.05, 3.63) is 82.2 Å². The minimum absolute atomic E-state index is 0.0484. The molecular weight excluding hydrogens is 568 g/mol. The van der Waals surface area contributed by atoms with Crippen LogP contribution in [0.5, 0.6) is 11.5 Å². The molecule has 3 aromatic carbocycles. The second-order valence-electron chi connectivity index (χ2n) is 8.81. The van der Waals surface area contributed by atoms with Crippen molar-refractivity contribution >= 4 is 23.2 Å². The third-order valence-electron chi connectivity index (χ3n) is 6.05. The molecule has 3 aromatic rings. The lowest BCUT2D eigenvalue weighted by Crippen LogP contribution is -2.50. The number of anilines is 2. The van der Waals surface area contributed by atoms with Gasteiger partial charge in [-0.05, 0) is 55.3 Å². The lowest BCUT2D eigenvalue weighted by atomic mass is 9.90. The highest BCUT2D eigenvalue weighted by Gasteiger charge is 2.73. The van der Waals surface area contributed by atoms with Gasteiger partial charge in [0.05, 0.1) is 25.5 Å². The van der Waals surface area contributed by atoms with Crippen molar-refractivity contribution in [2.45, 2.75) is 31.9 Å². The molecule has 14 heteroatoms. The fourth-order valence-electron chi connectivity index (χ4n) is 4.03. The zero-order valence-electron chi connectivity index (χ0n) is 21.8. The summed E-state index contributed by atoms with van der Waals surface area (Å²) in [5.74, 6) is -2.34. The van der Waals surface area contributed by atoms with Crippen molar-refractivity contribution in [3.8, 4) is 11.5 Å². The molecule has 0 aromatic heterocycles. The number of ether oxygens (including phenoxy) is 2. The first-order chi connectivity index (χ1) is 18.9. The Morgan fingerprint density at radius 3 is 1.73 bits per heavy atom. The van der Waals surface area contributed by atoms with Gasteiger partial charge in [-0.25, -0.2) is 8.78 Å². The first-order valence-electron chi connectivity index (χ1n) is 11.5. The van der Waals surface area contributed by atoms with E-state index in [9.17, 15) is 44.7 Å². The monoisotopic (exact) mass is 590 g/mol. The van der Waals surface area contributed by atoms with E-state index < -0.39 is 41.2 Å². The Balaban J connectivity index is 2.02. The van der Waals surface area contributed by atoms with E-state index in [1.807, 2.05) is 0 Å². The summed E-state index contributed by atoms with van der Waals surface area (Å²) >= 11 is 0. The number of nitrogens with one attached hydrogen (secondary N) is 2. The molecule has 0 saturated carbocycles. The van der Waals surface area contributed by atoms with Gasteiger partial charge in [0.25, 0.3) is 11.8 Å². The molecule has 0 saturated heterocycles. The van der Waals surface area contributed by atoms with Crippen LogP contribution in [0.15, 0.2) is 48.5 Å². The van der Waals surface area contributed by atoms with Crippen LogP contribution in [0, 0.1) is 19.7 Å². The van der Waals surface area contributed by atoms with E-state index in [0.29, 0.717) is 12.1 Å². The van der Waals surface area contributed by atoms with Crippen LogP contribution in [0.1, 0.15) is 37.4 Å². The van der Waals surface area contributed by atoms with Gasteiger partial charge < -0.3 is 20.1 Å². The van der Waals surface area contributed by atoms with Crippen LogP contribution < -0.4 is 20.1 Å². The van der Waals surface area contributed by atoms with Crippen molar-refractivity contribution in [2.75, 3.05) is 24.9 Å². The van der Waals surface area contributed by atoms with Crippen LogP contribution in [0.2, 0.25) is 0 Å². The number of carbonyl (C=O) groups is 2. The van der Waals surface area contributed by atoms with Gasteiger partial charge in [-0.1, -0.05) is 12.1 Å². The fraction of sp³-hybridized carbons (Fsp3) is 0.259. The molecule has 0 heterocycles. The number of amides is 2. The Hall–Kier alpha value is -4.36. The van der Waals surface area contributed by atoms with Gasteiger partial charge in [0.2, 0.25) is 0 Å². The molecule has 0 unspecified atom stereocenters. The fourth-order valence-corrected chi connectivity index (χ4v) is 4.03. The lowest BCUT2D eigenvalue weighted by Gasteiger charge is -2.31. The van der Waals surface area contributed by atoms with Crippen LogP contribution in [0.3, 0.4) is 0 Å². The van der Waals surface area contributed by atoms with Crippen molar-refractivity contribution < 1.29 is 54.2 Å². The predicted molar refractivity (Wildman–Crippen MR) is 133 cm³/mol. The topological polar surface area (TPSA) is 76.7 Å². The highest BCUT2D eigenvalue weighted by Crippen LogP contribution is 2.53. The molecule has 2 N–H and O–H groups in total. The number of alkyl halides is 7. The lowest BCUT2D eigenvalue weighted by molar-refractivity contribution is -0.348. The summed E-state index contributed by atoms with van der Waals surface area (Å²) in [6.07, 6.45) is -12.6. The highest BCUT2D eigenvalue weighted by atomic mass is 19.4. The maximum atomic E-state index is 14.6. The molecule has 220 valence electrons. The Bertz CT molecular complexity index is 1430. The average molecular weight is 590 g/mol. The summed E-state index contributed by atoms with van der Waals surface area (Å²) in [6, 6.07) is 7.76. The van der Waals surface area contributed by atoms with E-state index in [1.54, 1.807) is 0 Å². The number of hydrogen-bond donors (Lipinski definition) is 2. The molecule has 0 aliphatic heterocycles. The molecule has 0 atom stereocenters. The maximum absolute atomic E-state index is 14.6. The second-order valence-corrected chi connectivity index (χ2v) is 8.81. The van der Waals surface area contributed by atoms with Gasteiger partial charge in [-0.15, -0.1) is 0 Å². The van der Waals surface area contributed by atoms with E-state index in [0.717, 1.165) is 26.0 Å². The van der Waals surface area contributed by atoms with E-state index in [4.69, 9.17) is 9.47 Å². The average Bonchev–Trinajstić information content (AvgIpc) is 2.88. The van der Waals surface area contributed by atoms with E-state index >= 15 is 0 Å². The third kappa shape index (κ3) is 6.05. The van der Waals surface area contributed by atoms with Crippen molar-refractivity contribution in [1.82, 2.24) is 0 Å². The predicted octanol–water partition coefficient (Wildman–Crippen LogP) is 7.25. The molecule has 0 aliphatic rings. The van der Waals surface area contributed by atoms with Crippen molar-refractivity contribution in [3.63, 3.8) is 0 Å². The van der Waals surface area contributed by atoms with Gasteiger partial charge >= 0.3 is 18.0 Å². The highest BCUT2D eigenvalue weighted by molar-refractivity contribution is 6.11. The maximum Gasteiger partial charge on any atom is 0.435 e. The Kier molecular flexibility index (Phi) is 8.56. The molecule has 2 amide bonds. The summed E-state index contributed by atoms with van der Waals surface area (Å²) in [6.45, 7) is 2.19. The minimum atomic E-state index is -6.31. The molecule has 6 nitrogen and oxygen atoms in total. The zero-order valence-corrected chi connectivity index (χ0v) is 21.8. The summed E-state index contributed by atoms with van der Waals surface area (Å²) < 4.78 is 118. The smallest absolute Gasteiger partial charge is 0.435 e. The van der Waals surface area contributed by atoms with Gasteiger partial charge in [-0.2, -0.15) is 26.3 Å². The third-order valence-corrected chi connectivity index (χ3v) is 6.05. The first-order valence-corrected chi connectivity index (χ1v) is 11.5. The van der Waals surface area contributed by atoms with Gasteiger partial charge in [0.1, 0.15) is 11.6 Å². The Morgan fingerprint density at radius 1 is 0.732 bits per heavy atom. The molecule has 0 radical (unpaired) electrons. The van der Waals surface area contributed by atoms with Crippen LogP contribution in [-0.2, 0) is 5.67 Å². The molecular formula is C27H22F8N2O4. The summed E-state index contributed by atoms with van der Waals surface area (Å²) in [5, 5.41) is 4.89. The van der Waals surface area contributed by atoms with Crippen molar-refractivity contribution in [2.24, 2.45) is 0 Å². The molecule has 0 fully saturated rings. The largest absolute Gasteiger partial charge is 0.497 e. The molecule has 3 rings (SSSR count). The Morgan fingerprint density at radius 2 is 1.27 bits per heavy atom. The van der Waals surface area contributed by atoms with Gasteiger partial charge in [-0.3, -0.25) is 9.59 Å². The molecule has 0 spiro atoms. The SMILES string of the molecule is COc1cc(NC(=O)c2ccc(F)cc2)c(OC)c(C(=O)Nc2c(C)cc(C(F)(C(F)(F)F)C(F)(F)F)cc2C)c1. The van der Waals surface area contributed by atoms with Crippen LogP contribution in [-0.4, -0.2) is 38.4 Å². The normalized spacial score (nSPS) is 12.1. The number of carbonyl (C=O) groups excluding carboxylic acids is 2. The van der Waals surface area contributed by atoms with Crippen LogP contribution >= 0.6 is 0 Å². The number of methoxy groups -OCH3 is 2. The number of rotatable bonds is 7. The van der Waals surface area contributed by atoms with Crippen LogP contribution in [0.4, 0.5) is 46.5 Å². The Labute approximate surface area is 228 Å². The van der Waals surface area contributed by atoms with Gasteiger partial charge in [0.15, 0.2) is 5.75 Å². The molecule has 41 heavy (non-hydrogen) atoms. The van der Waals surface area contributed by atoms with E-state index in [2.05, 4.69) is 10.6 Å². The standard InChI is InChI=1S/C27H22F8N2O4/c1-13-9-16(25(29,26(30,31)32)27(33,34)35)10-14(2)21(13)37-24(39)19-11-18(40-3)12-20(22(19)41-4)36-23(38)15-5-7-17(28)8-6-15/h5-12H,1-4H3,(H,36,38)(H,37,39). The van der Waals surface area contributed by atoms with Crippen molar-refractivity contribution in [1.29, 1.82) is 0 Å². The molecule has 0 bridgehead atoms. The number of benzene rings is 3. The zero-order chi connectivity index (χ0) is 30.9. The second kappa shape index (κ2) is 11.3. The summed E-state index contributed by atoms with van der Waals surface area (Å²) in [4.78, 5) is 26.0. The minimum Gasteiger partial charge on any atom is -0.497 e. The number of halogens is 8. The van der Waals surface area contributed by atoms with Gasteiger partial charge in [0, 0.05) is 22.9 Å². The van der Waals surface area contributed by atoms with E-state index in [-0.39, 0.29) is 45.1 Å². The summed E-state index contributed by atoms with van der Waals surface area (Å²) in [5.41, 5.74) is -8.35. The van der Waals surface area contributed by atoms with Crippen LogP contribution in [0.25, 0.3) is 0 Å². The summed E-state index contributed by atoms with van der Waals surface area (Å²) in [7, 11) is 2.43. The molecule has 0 aliphatic carbocycles.